The fraction of sp³-hybridized carbons (Fsp3) is 0.250. The van der Waals surface area contributed by atoms with E-state index >= 15 is 0 Å². The van der Waals surface area contributed by atoms with Gasteiger partial charge in [-0.1, -0.05) is 48.5 Å². The SMILES string of the molecule is C=C(C1CCCN1)N(C(=O)c1c(C)cccc1Cl)c1ccccc1. The highest BCUT2D eigenvalue weighted by Gasteiger charge is 2.29. The minimum atomic E-state index is -0.136. The van der Waals surface area contributed by atoms with Crippen molar-refractivity contribution in [3.05, 3.63) is 77.0 Å². The van der Waals surface area contributed by atoms with Gasteiger partial charge >= 0.3 is 0 Å². The molecule has 0 aromatic heterocycles. The average Bonchev–Trinajstić information content (AvgIpc) is 3.10. The lowest BCUT2D eigenvalue weighted by atomic mass is 10.0. The Kier molecular flexibility index (Phi) is 5.03. The standard InChI is InChI=1S/C20H21ClN2O/c1-14-8-6-11-17(21)19(14)20(24)23(16-9-4-3-5-10-16)15(2)18-12-7-13-22-18/h3-6,8-11,18,22H,2,7,12-13H2,1H3. The molecule has 0 radical (unpaired) electrons. The fourth-order valence-electron chi connectivity index (χ4n) is 3.13. The lowest BCUT2D eigenvalue weighted by Crippen LogP contribution is -2.39. The highest BCUT2D eigenvalue weighted by Crippen LogP contribution is 2.29. The zero-order chi connectivity index (χ0) is 17.1. The maximum Gasteiger partial charge on any atom is 0.264 e. The van der Waals surface area contributed by atoms with Crippen molar-refractivity contribution in [1.82, 2.24) is 5.32 Å². The van der Waals surface area contributed by atoms with Crippen LogP contribution in [0.5, 0.6) is 0 Å². The van der Waals surface area contributed by atoms with Gasteiger partial charge in [-0.15, -0.1) is 0 Å². The molecule has 0 aliphatic carbocycles. The maximum atomic E-state index is 13.3. The molecule has 1 aliphatic rings. The lowest BCUT2D eigenvalue weighted by Gasteiger charge is -2.29. The number of nitrogens with zero attached hydrogens (tertiary/aromatic N) is 1. The summed E-state index contributed by atoms with van der Waals surface area (Å²) in [7, 11) is 0. The van der Waals surface area contributed by atoms with Crippen molar-refractivity contribution >= 4 is 23.2 Å². The minimum absolute atomic E-state index is 0.108. The van der Waals surface area contributed by atoms with E-state index < -0.39 is 0 Å². The highest BCUT2D eigenvalue weighted by atomic mass is 35.5. The zero-order valence-corrected chi connectivity index (χ0v) is 14.5. The first-order valence-corrected chi connectivity index (χ1v) is 8.54. The normalized spacial score (nSPS) is 16.8. The number of rotatable bonds is 4. The van der Waals surface area contributed by atoms with E-state index in [1.807, 2.05) is 49.4 Å². The summed E-state index contributed by atoms with van der Waals surface area (Å²) in [6, 6.07) is 15.2. The topological polar surface area (TPSA) is 32.3 Å². The smallest absolute Gasteiger partial charge is 0.264 e. The summed E-state index contributed by atoms with van der Waals surface area (Å²) < 4.78 is 0. The second kappa shape index (κ2) is 7.20. The van der Waals surface area contributed by atoms with Gasteiger partial charge in [0, 0.05) is 17.4 Å². The first kappa shape index (κ1) is 16.7. The molecule has 1 N–H and O–H groups in total. The van der Waals surface area contributed by atoms with Crippen LogP contribution in [0.3, 0.4) is 0 Å². The van der Waals surface area contributed by atoms with Crippen LogP contribution in [-0.4, -0.2) is 18.5 Å². The molecular weight excluding hydrogens is 320 g/mol. The number of hydrogen-bond acceptors (Lipinski definition) is 2. The molecule has 0 saturated carbocycles. The van der Waals surface area contributed by atoms with Gasteiger partial charge in [-0.25, -0.2) is 0 Å². The van der Waals surface area contributed by atoms with E-state index in [0.29, 0.717) is 10.6 Å². The Labute approximate surface area is 147 Å². The number of carbonyl (C=O) groups is 1. The molecule has 1 heterocycles. The number of aryl methyl sites for hydroxylation is 1. The molecule has 2 aromatic rings. The van der Waals surface area contributed by atoms with E-state index in [1.165, 1.54) is 0 Å². The average molecular weight is 341 g/mol. The Balaban J connectivity index is 2.04. The van der Waals surface area contributed by atoms with Gasteiger partial charge in [0.25, 0.3) is 5.91 Å². The van der Waals surface area contributed by atoms with E-state index in [2.05, 4.69) is 11.9 Å². The van der Waals surface area contributed by atoms with Crippen LogP contribution < -0.4 is 10.2 Å². The maximum absolute atomic E-state index is 13.3. The number of amides is 1. The molecule has 2 aromatic carbocycles. The van der Waals surface area contributed by atoms with Crippen LogP contribution in [0.4, 0.5) is 5.69 Å². The molecule has 1 atom stereocenters. The van der Waals surface area contributed by atoms with Crippen molar-refractivity contribution in [3.8, 4) is 0 Å². The van der Waals surface area contributed by atoms with Gasteiger partial charge in [-0.05, 0) is 50.1 Å². The Bertz CT molecular complexity index is 731. The molecular formula is C20H21ClN2O. The first-order valence-electron chi connectivity index (χ1n) is 8.16. The van der Waals surface area contributed by atoms with E-state index in [4.69, 9.17) is 11.6 Å². The molecule has 24 heavy (non-hydrogen) atoms. The summed E-state index contributed by atoms with van der Waals surface area (Å²) in [6.45, 7) is 7.07. The number of hydrogen-bond donors (Lipinski definition) is 1. The third-order valence-electron chi connectivity index (χ3n) is 4.40. The second-order valence-corrected chi connectivity index (χ2v) is 6.46. The molecule has 3 nitrogen and oxygen atoms in total. The fourth-order valence-corrected chi connectivity index (χ4v) is 3.43. The minimum Gasteiger partial charge on any atom is -0.309 e. The third-order valence-corrected chi connectivity index (χ3v) is 4.72. The second-order valence-electron chi connectivity index (χ2n) is 6.05. The zero-order valence-electron chi connectivity index (χ0n) is 13.8. The number of carbonyl (C=O) groups excluding carboxylic acids is 1. The van der Waals surface area contributed by atoms with Crippen molar-refractivity contribution in [2.45, 2.75) is 25.8 Å². The number of halogens is 1. The van der Waals surface area contributed by atoms with Gasteiger partial charge in [0.2, 0.25) is 0 Å². The predicted octanol–water partition coefficient (Wildman–Crippen LogP) is 4.56. The van der Waals surface area contributed by atoms with Crippen LogP contribution >= 0.6 is 11.6 Å². The summed E-state index contributed by atoms with van der Waals surface area (Å²) in [6.07, 6.45) is 2.07. The van der Waals surface area contributed by atoms with Crippen molar-refractivity contribution in [1.29, 1.82) is 0 Å². The number of nitrogens with one attached hydrogen (secondary N) is 1. The van der Waals surface area contributed by atoms with E-state index in [9.17, 15) is 4.79 Å². The van der Waals surface area contributed by atoms with Gasteiger partial charge in [0.15, 0.2) is 0 Å². The largest absolute Gasteiger partial charge is 0.309 e. The van der Waals surface area contributed by atoms with Crippen LogP contribution in [0.2, 0.25) is 5.02 Å². The molecule has 1 saturated heterocycles. The Morgan fingerprint density at radius 1 is 1.21 bits per heavy atom. The van der Waals surface area contributed by atoms with Crippen LogP contribution in [0, 0.1) is 6.92 Å². The first-order chi connectivity index (χ1) is 11.6. The summed E-state index contributed by atoms with van der Waals surface area (Å²) in [5.74, 6) is -0.136. The Morgan fingerprint density at radius 3 is 2.58 bits per heavy atom. The van der Waals surface area contributed by atoms with Gasteiger partial charge < -0.3 is 5.32 Å². The van der Waals surface area contributed by atoms with Gasteiger partial charge in [0.1, 0.15) is 0 Å². The molecule has 1 fully saturated rings. The van der Waals surface area contributed by atoms with Crippen molar-refractivity contribution in [2.24, 2.45) is 0 Å². The quantitative estimate of drug-likeness (QED) is 0.884. The van der Waals surface area contributed by atoms with Crippen LogP contribution in [0.15, 0.2) is 60.8 Å². The molecule has 1 amide bonds. The Morgan fingerprint density at radius 2 is 1.96 bits per heavy atom. The molecule has 1 aliphatic heterocycles. The molecule has 4 heteroatoms. The van der Waals surface area contributed by atoms with Crippen molar-refractivity contribution in [3.63, 3.8) is 0 Å². The van der Waals surface area contributed by atoms with E-state index in [0.717, 1.165) is 36.3 Å². The predicted molar refractivity (Wildman–Crippen MR) is 99.6 cm³/mol. The van der Waals surface area contributed by atoms with E-state index in [-0.39, 0.29) is 11.9 Å². The van der Waals surface area contributed by atoms with E-state index in [1.54, 1.807) is 11.0 Å². The lowest BCUT2D eigenvalue weighted by molar-refractivity contribution is 0.0992. The molecule has 124 valence electrons. The molecule has 0 spiro atoms. The number of para-hydroxylation sites is 1. The van der Waals surface area contributed by atoms with Gasteiger partial charge in [-0.2, -0.15) is 0 Å². The van der Waals surface area contributed by atoms with Crippen LogP contribution in [-0.2, 0) is 0 Å². The monoisotopic (exact) mass is 340 g/mol. The Hall–Kier alpha value is -2.10. The third kappa shape index (κ3) is 3.23. The van der Waals surface area contributed by atoms with Crippen LogP contribution in [0.1, 0.15) is 28.8 Å². The van der Waals surface area contributed by atoms with Gasteiger partial charge in [-0.3, -0.25) is 9.69 Å². The summed E-state index contributed by atoms with van der Waals surface area (Å²) in [5, 5.41) is 3.88. The van der Waals surface area contributed by atoms with Crippen LogP contribution in [0.25, 0.3) is 0 Å². The highest BCUT2D eigenvalue weighted by molar-refractivity contribution is 6.35. The molecule has 1 unspecified atom stereocenters. The van der Waals surface area contributed by atoms with Gasteiger partial charge in [0.05, 0.1) is 10.6 Å². The number of benzene rings is 2. The summed E-state index contributed by atoms with van der Waals surface area (Å²) >= 11 is 6.33. The van der Waals surface area contributed by atoms with Crippen molar-refractivity contribution < 1.29 is 4.79 Å². The van der Waals surface area contributed by atoms with Crippen molar-refractivity contribution in [2.75, 3.05) is 11.4 Å². The molecule has 0 bridgehead atoms. The molecule has 3 rings (SSSR count). The summed E-state index contributed by atoms with van der Waals surface area (Å²) in [4.78, 5) is 15.0. The number of anilines is 1. The summed E-state index contributed by atoms with van der Waals surface area (Å²) in [5.41, 5.74) is 2.96.